The van der Waals surface area contributed by atoms with Crippen LogP contribution in [0.1, 0.15) is 260 Å². The lowest BCUT2D eigenvalue weighted by molar-refractivity contribution is -0.146. The Labute approximate surface area is 374 Å². The molecule has 60 heavy (non-hydrogen) atoms. The van der Waals surface area contributed by atoms with Crippen molar-refractivity contribution in [3.63, 3.8) is 0 Å². The van der Waals surface area contributed by atoms with Crippen LogP contribution in [0.2, 0.25) is 0 Å². The zero-order valence-electron chi connectivity index (χ0n) is 41.5. The third-order valence-electron chi connectivity index (χ3n) is 12.6. The number of esters is 2. The summed E-state index contributed by atoms with van der Waals surface area (Å²) in [5, 5.41) is 0. The molecule has 0 aliphatic carbocycles. The summed E-state index contributed by atoms with van der Waals surface area (Å²) in [7, 11) is 2.18. The fraction of sp³-hybridized carbons (Fsp3) is 0.962. The highest BCUT2D eigenvalue weighted by Gasteiger charge is 2.17. The minimum Gasteiger partial charge on any atom is -0.466 e. The van der Waals surface area contributed by atoms with Crippen molar-refractivity contribution in [2.75, 3.05) is 46.6 Å². The maximum absolute atomic E-state index is 12.5. The van der Waals surface area contributed by atoms with Gasteiger partial charge in [0, 0.05) is 38.6 Å². The molecule has 1 unspecified atom stereocenters. The molecule has 0 aromatic heterocycles. The van der Waals surface area contributed by atoms with E-state index in [2.05, 4.69) is 53.5 Å². The van der Waals surface area contributed by atoms with E-state index in [0.717, 1.165) is 58.3 Å². The van der Waals surface area contributed by atoms with Crippen molar-refractivity contribution >= 4 is 11.9 Å². The number of unbranched alkanes of at least 4 members (excludes halogenated alkanes) is 22. The van der Waals surface area contributed by atoms with E-state index in [-0.39, 0.29) is 18.0 Å². The second kappa shape index (κ2) is 45.8. The molecule has 0 radical (unpaired) electrons. The van der Waals surface area contributed by atoms with E-state index in [1.54, 1.807) is 0 Å². The first-order valence-electron chi connectivity index (χ1n) is 26.5. The van der Waals surface area contributed by atoms with E-state index in [0.29, 0.717) is 50.5 Å². The number of carbonyl (C=O) groups excluding carboxylic acids is 2. The fourth-order valence-electron chi connectivity index (χ4n) is 8.17. The average molecular weight is 852 g/mol. The van der Waals surface area contributed by atoms with Crippen molar-refractivity contribution in [3.8, 4) is 0 Å². The van der Waals surface area contributed by atoms with Crippen LogP contribution < -0.4 is 0 Å². The van der Waals surface area contributed by atoms with Crippen molar-refractivity contribution in [1.29, 1.82) is 0 Å². The van der Waals surface area contributed by atoms with E-state index < -0.39 is 0 Å². The van der Waals surface area contributed by atoms with Crippen molar-refractivity contribution < 1.29 is 28.5 Å². The molecule has 0 bridgehead atoms. The maximum atomic E-state index is 12.5. The number of nitrogens with zero attached hydrogens (tertiary/aromatic N) is 1. The topological polar surface area (TPSA) is 74.3 Å². The molecule has 7 heteroatoms. The third kappa shape index (κ3) is 40.9. The molecule has 358 valence electrons. The van der Waals surface area contributed by atoms with Gasteiger partial charge in [0.1, 0.15) is 0 Å². The molecule has 0 aliphatic heterocycles. The van der Waals surface area contributed by atoms with Crippen LogP contribution in [0.25, 0.3) is 0 Å². The molecule has 0 heterocycles. The van der Waals surface area contributed by atoms with Gasteiger partial charge in [-0.3, -0.25) is 9.59 Å². The van der Waals surface area contributed by atoms with Gasteiger partial charge in [0.25, 0.3) is 0 Å². The Morgan fingerprint density at radius 1 is 0.433 bits per heavy atom. The Morgan fingerprint density at radius 3 is 1.12 bits per heavy atom. The van der Waals surface area contributed by atoms with Crippen molar-refractivity contribution in [1.82, 2.24) is 4.90 Å². The smallest absolute Gasteiger partial charge is 0.306 e. The first-order valence-corrected chi connectivity index (χ1v) is 26.5. The van der Waals surface area contributed by atoms with Gasteiger partial charge in [-0.1, -0.05) is 182 Å². The number of carbonyl (C=O) groups is 2. The van der Waals surface area contributed by atoms with Gasteiger partial charge in [-0.05, 0) is 84.1 Å². The average Bonchev–Trinajstić information content (AvgIpc) is 3.22. The summed E-state index contributed by atoms with van der Waals surface area (Å²) in [5.74, 6) is 1.07. The van der Waals surface area contributed by atoms with Crippen LogP contribution in [0.5, 0.6) is 0 Å². The summed E-state index contributed by atoms with van der Waals surface area (Å²) in [4.78, 5) is 27.3. The minimum atomic E-state index is 0.0241. The van der Waals surface area contributed by atoms with Gasteiger partial charge in [-0.15, -0.1) is 0 Å². The van der Waals surface area contributed by atoms with E-state index in [9.17, 15) is 9.59 Å². The van der Waals surface area contributed by atoms with Gasteiger partial charge in [0.05, 0.1) is 25.9 Å². The molecule has 1 atom stereocenters. The summed E-state index contributed by atoms with van der Waals surface area (Å²) in [6.07, 6.45) is 40.1. The van der Waals surface area contributed by atoms with E-state index in [1.807, 2.05) is 0 Å². The molecular formula is C53H105NO6. The fourth-order valence-corrected chi connectivity index (χ4v) is 8.17. The molecule has 0 aliphatic rings. The summed E-state index contributed by atoms with van der Waals surface area (Å²) >= 11 is 0. The molecule has 0 spiro atoms. The lowest BCUT2D eigenvalue weighted by atomic mass is 9.92. The Kier molecular flexibility index (Phi) is 44.9. The number of likely N-dealkylation sites (N-methyl/N-ethyl adjacent to an activating group) is 1. The van der Waals surface area contributed by atoms with Crippen molar-refractivity contribution in [3.05, 3.63) is 0 Å². The summed E-state index contributed by atoms with van der Waals surface area (Å²) in [6, 6.07) is 0.490. The third-order valence-corrected chi connectivity index (χ3v) is 12.6. The van der Waals surface area contributed by atoms with Crippen LogP contribution in [0.3, 0.4) is 0 Å². The maximum Gasteiger partial charge on any atom is 0.306 e. The Balaban J connectivity index is 3.94. The van der Waals surface area contributed by atoms with Gasteiger partial charge in [0.15, 0.2) is 0 Å². The van der Waals surface area contributed by atoms with Crippen molar-refractivity contribution in [2.45, 2.75) is 272 Å². The predicted octanol–water partition coefficient (Wildman–Crippen LogP) is 15.4. The SMILES string of the molecule is CCCCCC(CCCCC)CC(=O)OCCCCCCCCCCOCC(CN(C)C(C)C)OCCCCCCCCCCOC(=O)CC(CCCCC)CCCCC. The highest BCUT2D eigenvalue weighted by atomic mass is 16.5. The normalized spacial score (nSPS) is 12.4. The van der Waals surface area contributed by atoms with E-state index in [4.69, 9.17) is 18.9 Å². The quantitative estimate of drug-likeness (QED) is 0.0446. The molecule has 0 rings (SSSR count). The van der Waals surface area contributed by atoms with Gasteiger partial charge < -0.3 is 23.8 Å². The van der Waals surface area contributed by atoms with Gasteiger partial charge in [-0.25, -0.2) is 0 Å². The Bertz CT molecular complexity index is 879. The predicted molar refractivity (Wildman–Crippen MR) is 257 cm³/mol. The Hall–Kier alpha value is -1.18. The highest BCUT2D eigenvalue weighted by molar-refractivity contribution is 5.70. The van der Waals surface area contributed by atoms with Gasteiger partial charge >= 0.3 is 11.9 Å². The second-order valence-electron chi connectivity index (χ2n) is 18.8. The Morgan fingerprint density at radius 2 is 0.767 bits per heavy atom. The largest absolute Gasteiger partial charge is 0.466 e. The van der Waals surface area contributed by atoms with Crippen LogP contribution in [0.15, 0.2) is 0 Å². The number of rotatable bonds is 48. The van der Waals surface area contributed by atoms with E-state index >= 15 is 0 Å². The van der Waals surface area contributed by atoms with Crippen LogP contribution in [-0.2, 0) is 28.5 Å². The number of hydrogen-bond donors (Lipinski definition) is 0. The van der Waals surface area contributed by atoms with Crippen LogP contribution >= 0.6 is 0 Å². The zero-order chi connectivity index (χ0) is 44.2. The number of ether oxygens (including phenoxy) is 4. The van der Waals surface area contributed by atoms with Crippen LogP contribution in [0, 0.1) is 11.8 Å². The van der Waals surface area contributed by atoms with Crippen molar-refractivity contribution in [2.24, 2.45) is 11.8 Å². The highest BCUT2D eigenvalue weighted by Crippen LogP contribution is 2.23. The second-order valence-corrected chi connectivity index (χ2v) is 18.8. The summed E-state index contributed by atoms with van der Waals surface area (Å²) in [6.45, 7) is 17.8. The standard InChI is InChI=1S/C53H105NO6/c1-8-12-28-36-49(37-29-13-9-2)44-52(55)59-42-34-26-22-17-16-20-24-32-40-57-47-51(46-54(7)48(5)6)58-41-33-25-21-18-19-23-27-35-43-60-53(56)45-50(38-30-14-10-3)39-31-15-11-4/h48-51H,8-47H2,1-7H3. The minimum absolute atomic E-state index is 0.0241. The summed E-state index contributed by atoms with van der Waals surface area (Å²) in [5.41, 5.74) is 0. The molecule has 0 aromatic carbocycles. The lowest BCUT2D eigenvalue weighted by Crippen LogP contribution is -2.38. The molecule has 0 aromatic rings. The summed E-state index contributed by atoms with van der Waals surface area (Å²) < 4.78 is 23.8. The molecule has 0 fully saturated rings. The number of hydrogen-bond acceptors (Lipinski definition) is 7. The first kappa shape index (κ1) is 58.8. The molecule has 0 saturated heterocycles. The molecule has 0 N–H and O–H groups in total. The zero-order valence-corrected chi connectivity index (χ0v) is 41.5. The lowest BCUT2D eigenvalue weighted by Gasteiger charge is -2.27. The molecule has 0 saturated carbocycles. The molecule has 0 amide bonds. The van der Waals surface area contributed by atoms with Crippen LogP contribution in [-0.4, -0.2) is 75.6 Å². The van der Waals surface area contributed by atoms with Gasteiger partial charge in [0.2, 0.25) is 0 Å². The molecule has 7 nitrogen and oxygen atoms in total. The molecular weight excluding hydrogens is 747 g/mol. The van der Waals surface area contributed by atoms with Gasteiger partial charge in [-0.2, -0.15) is 0 Å². The van der Waals surface area contributed by atoms with E-state index in [1.165, 1.54) is 167 Å². The monoisotopic (exact) mass is 852 g/mol. The first-order chi connectivity index (χ1) is 29.3. The van der Waals surface area contributed by atoms with Crippen LogP contribution in [0.4, 0.5) is 0 Å².